The zero-order chi connectivity index (χ0) is 15.6. The summed E-state index contributed by atoms with van der Waals surface area (Å²) in [5.41, 5.74) is -0.172. The van der Waals surface area contributed by atoms with E-state index in [9.17, 15) is 22.0 Å². The summed E-state index contributed by atoms with van der Waals surface area (Å²) in [7, 11) is -4.04. The van der Waals surface area contributed by atoms with Crippen LogP contribution in [0.15, 0.2) is 47.4 Å². The summed E-state index contributed by atoms with van der Waals surface area (Å²) in [4.78, 5) is 10.1. The Morgan fingerprint density at radius 3 is 2.38 bits per heavy atom. The average Bonchev–Trinajstić information content (AvgIpc) is 2.37. The number of sulfone groups is 1. The monoisotopic (exact) mass is 312 g/mol. The second kappa shape index (κ2) is 5.61. The van der Waals surface area contributed by atoms with Crippen molar-refractivity contribution in [2.45, 2.75) is 10.6 Å². The van der Waals surface area contributed by atoms with Crippen molar-refractivity contribution >= 4 is 15.8 Å². The van der Waals surface area contributed by atoms with Gasteiger partial charge in [-0.2, -0.15) is 0 Å². The Balaban J connectivity index is 2.38. The van der Waals surface area contributed by atoms with E-state index >= 15 is 0 Å². The van der Waals surface area contributed by atoms with Gasteiger partial charge in [-0.3, -0.25) is 0 Å². The highest BCUT2D eigenvalue weighted by Crippen LogP contribution is 2.21. The molecule has 0 aliphatic rings. The molecule has 0 bridgehead atoms. The van der Waals surface area contributed by atoms with Crippen LogP contribution in [0.2, 0.25) is 0 Å². The van der Waals surface area contributed by atoms with Crippen LogP contribution in [0.1, 0.15) is 15.9 Å². The minimum absolute atomic E-state index is 0.178. The van der Waals surface area contributed by atoms with Crippen molar-refractivity contribution in [3.8, 4) is 0 Å². The zero-order valence-corrected chi connectivity index (χ0v) is 11.4. The molecule has 2 rings (SSSR count). The van der Waals surface area contributed by atoms with Gasteiger partial charge in [0.1, 0.15) is 16.5 Å². The van der Waals surface area contributed by atoms with E-state index in [1.807, 2.05) is 0 Å². The summed E-state index contributed by atoms with van der Waals surface area (Å²) < 4.78 is 51.0. The lowest BCUT2D eigenvalue weighted by molar-refractivity contribution is 0.0696. The number of hydrogen-bond donors (Lipinski definition) is 1. The van der Waals surface area contributed by atoms with Crippen LogP contribution >= 0.6 is 0 Å². The predicted molar refractivity (Wildman–Crippen MR) is 70.6 cm³/mol. The molecule has 0 amide bonds. The fourth-order valence-corrected chi connectivity index (χ4v) is 3.22. The van der Waals surface area contributed by atoms with Crippen molar-refractivity contribution in [3.05, 3.63) is 65.2 Å². The van der Waals surface area contributed by atoms with Crippen molar-refractivity contribution in [2.75, 3.05) is 0 Å². The van der Waals surface area contributed by atoms with E-state index in [0.29, 0.717) is 6.07 Å². The van der Waals surface area contributed by atoms with Crippen molar-refractivity contribution in [3.63, 3.8) is 0 Å². The Labute approximate surface area is 119 Å². The fourth-order valence-electron chi connectivity index (χ4n) is 1.81. The summed E-state index contributed by atoms with van der Waals surface area (Å²) in [5, 5.41) is 8.71. The summed E-state index contributed by atoms with van der Waals surface area (Å²) >= 11 is 0. The number of aromatic carboxylic acids is 1. The molecule has 0 spiro atoms. The Bertz CT molecular complexity index is 800. The molecule has 110 valence electrons. The molecule has 4 nitrogen and oxygen atoms in total. The first kappa shape index (κ1) is 15.1. The lowest BCUT2D eigenvalue weighted by Crippen LogP contribution is -2.09. The van der Waals surface area contributed by atoms with Gasteiger partial charge in [-0.05, 0) is 35.9 Å². The number of rotatable bonds is 4. The van der Waals surface area contributed by atoms with Gasteiger partial charge >= 0.3 is 5.97 Å². The molecule has 7 heteroatoms. The molecule has 0 aliphatic heterocycles. The van der Waals surface area contributed by atoms with Crippen LogP contribution in [0.4, 0.5) is 8.78 Å². The quantitative estimate of drug-likeness (QED) is 0.942. The van der Waals surface area contributed by atoms with Gasteiger partial charge in [0, 0.05) is 0 Å². The van der Waals surface area contributed by atoms with Gasteiger partial charge in [0.25, 0.3) is 0 Å². The normalized spacial score (nSPS) is 11.3. The average molecular weight is 312 g/mol. The molecule has 21 heavy (non-hydrogen) atoms. The Morgan fingerprint density at radius 1 is 1.10 bits per heavy atom. The highest BCUT2D eigenvalue weighted by molar-refractivity contribution is 7.90. The molecular weight excluding hydrogens is 302 g/mol. The van der Waals surface area contributed by atoms with Crippen LogP contribution in [0, 0.1) is 11.6 Å². The molecular formula is C14H10F2O4S. The van der Waals surface area contributed by atoms with Gasteiger partial charge in [0.05, 0.1) is 11.3 Å². The van der Waals surface area contributed by atoms with E-state index < -0.39 is 38.1 Å². The van der Waals surface area contributed by atoms with Crippen molar-refractivity contribution in [2.24, 2.45) is 0 Å². The topological polar surface area (TPSA) is 71.4 Å². The number of hydrogen-bond acceptors (Lipinski definition) is 3. The maximum Gasteiger partial charge on any atom is 0.335 e. The summed E-state index contributed by atoms with van der Waals surface area (Å²) in [6.07, 6.45) is 0. The molecule has 2 aromatic carbocycles. The van der Waals surface area contributed by atoms with E-state index in [0.717, 1.165) is 18.2 Å². The molecule has 2 aromatic rings. The summed E-state index contributed by atoms with van der Waals surface area (Å²) in [6, 6.07) is 7.51. The highest BCUT2D eigenvalue weighted by atomic mass is 32.2. The maximum atomic E-state index is 13.8. The molecule has 0 saturated carbocycles. The fraction of sp³-hybridized carbons (Fsp3) is 0.0714. The lowest BCUT2D eigenvalue weighted by atomic mass is 10.2. The van der Waals surface area contributed by atoms with E-state index in [4.69, 9.17) is 5.11 Å². The van der Waals surface area contributed by atoms with Gasteiger partial charge in [-0.15, -0.1) is 0 Å². The second-order valence-corrected chi connectivity index (χ2v) is 6.30. The van der Waals surface area contributed by atoms with Gasteiger partial charge in [0.15, 0.2) is 9.84 Å². The van der Waals surface area contributed by atoms with Crippen molar-refractivity contribution < 1.29 is 27.1 Å². The minimum atomic E-state index is -4.04. The van der Waals surface area contributed by atoms with Gasteiger partial charge in [-0.25, -0.2) is 22.0 Å². The molecule has 0 atom stereocenters. The first-order valence-corrected chi connectivity index (χ1v) is 7.45. The Hall–Kier alpha value is -2.28. The summed E-state index contributed by atoms with van der Waals surface area (Å²) in [6.45, 7) is 0. The Morgan fingerprint density at radius 2 is 1.81 bits per heavy atom. The standard InChI is InChI=1S/C14H10F2O4S/c15-11-3-1-2-9(6-11)8-21(19,20)13-5-4-10(14(17)18)7-12(13)16/h1-7H,8H2,(H,17,18). The first-order chi connectivity index (χ1) is 9.79. The maximum absolute atomic E-state index is 13.8. The number of carbonyl (C=O) groups is 1. The third-order valence-corrected chi connectivity index (χ3v) is 4.47. The van der Waals surface area contributed by atoms with E-state index in [1.165, 1.54) is 18.2 Å². The molecule has 0 heterocycles. The van der Waals surface area contributed by atoms with Crippen LogP contribution in [-0.2, 0) is 15.6 Å². The predicted octanol–water partition coefficient (Wildman–Crippen LogP) is 2.64. The van der Waals surface area contributed by atoms with Crippen LogP contribution in [0.25, 0.3) is 0 Å². The zero-order valence-electron chi connectivity index (χ0n) is 10.6. The van der Waals surface area contributed by atoms with Crippen LogP contribution in [0.3, 0.4) is 0 Å². The van der Waals surface area contributed by atoms with Crippen LogP contribution in [-0.4, -0.2) is 19.5 Å². The second-order valence-electron chi connectivity index (χ2n) is 4.34. The number of carboxylic acids is 1. The minimum Gasteiger partial charge on any atom is -0.478 e. The molecule has 0 radical (unpaired) electrons. The number of carboxylic acid groups (broad SMARTS) is 1. The molecule has 1 N–H and O–H groups in total. The molecule has 0 saturated heterocycles. The first-order valence-electron chi connectivity index (χ1n) is 5.79. The summed E-state index contributed by atoms with van der Waals surface area (Å²) in [5.74, 6) is -3.67. The largest absolute Gasteiger partial charge is 0.478 e. The SMILES string of the molecule is O=C(O)c1ccc(S(=O)(=O)Cc2cccc(F)c2)c(F)c1. The molecule has 0 unspecified atom stereocenters. The van der Waals surface area contributed by atoms with Crippen LogP contribution in [0.5, 0.6) is 0 Å². The van der Waals surface area contributed by atoms with E-state index in [1.54, 1.807) is 0 Å². The van der Waals surface area contributed by atoms with Gasteiger partial charge in [0.2, 0.25) is 0 Å². The third kappa shape index (κ3) is 3.43. The highest BCUT2D eigenvalue weighted by Gasteiger charge is 2.21. The molecule has 0 aliphatic carbocycles. The van der Waals surface area contributed by atoms with E-state index in [-0.39, 0.29) is 11.1 Å². The van der Waals surface area contributed by atoms with Crippen LogP contribution < -0.4 is 0 Å². The number of halogens is 2. The van der Waals surface area contributed by atoms with Crippen molar-refractivity contribution in [1.29, 1.82) is 0 Å². The molecule has 0 fully saturated rings. The van der Waals surface area contributed by atoms with Crippen molar-refractivity contribution in [1.82, 2.24) is 0 Å². The molecule has 0 aromatic heterocycles. The van der Waals surface area contributed by atoms with Gasteiger partial charge < -0.3 is 5.11 Å². The van der Waals surface area contributed by atoms with E-state index in [2.05, 4.69) is 0 Å². The lowest BCUT2D eigenvalue weighted by Gasteiger charge is -2.07. The number of benzene rings is 2. The smallest absolute Gasteiger partial charge is 0.335 e. The third-order valence-electron chi connectivity index (χ3n) is 2.76. The Kier molecular flexibility index (Phi) is 4.04. The van der Waals surface area contributed by atoms with Gasteiger partial charge in [-0.1, -0.05) is 12.1 Å².